The first kappa shape index (κ1) is 17.3. The first-order valence-electron chi connectivity index (χ1n) is 7.11. The van der Waals surface area contributed by atoms with Gasteiger partial charge in [-0.1, -0.05) is 18.2 Å². The Labute approximate surface area is 138 Å². The highest BCUT2D eigenvalue weighted by Crippen LogP contribution is 2.18. The zero-order valence-electron chi connectivity index (χ0n) is 12.6. The molecule has 6 heteroatoms. The SMILES string of the molecule is CC(SCCOc1ccccc1)C(=O)Nc1ccc(F)cc1F. The first-order chi connectivity index (χ1) is 11.1. The number of halogens is 2. The predicted molar refractivity (Wildman–Crippen MR) is 88.8 cm³/mol. The Morgan fingerprint density at radius 3 is 2.65 bits per heavy atom. The van der Waals surface area contributed by atoms with E-state index in [1.165, 1.54) is 17.8 Å². The second-order valence-corrected chi connectivity index (χ2v) is 6.24. The summed E-state index contributed by atoms with van der Waals surface area (Å²) in [5.41, 5.74) is -0.0237. The molecule has 0 saturated carbocycles. The number of amides is 1. The van der Waals surface area contributed by atoms with E-state index in [1.807, 2.05) is 30.3 Å². The van der Waals surface area contributed by atoms with E-state index in [0.717, 1.165) is 17.9 Å². The average Bonchev–Trinajstić information content (AvgIpc) is 2.55. The number of hydrogen-bond acceptors (Lipinski definition) is 3. The third-order valence-electron chi connectivity index (χ3n) is 3.02. The molecule has 0 fully saturated rings. The minimum atomic E-state index is -0.789. The third kappa shape index (κ3) is 5.56. The summed E-state index contributed by atoms with van der Waals surface area (Å²) < 4.78 is 31.8. The van der Waals surface area contributed by atoms with Crippen LogP contribution in [0.15, 0.2) is 48.5 Å². The molecule has 0 aromatic heterocycles. The molecule has 0 spiro atoms. The van der Waals surface area contributed by atoms with Crippen molar-refractivity contribution in [3.8, 4) is 5.75 Å². The molecular formula is C17H17F2NO2S. The van der Waals surface area contributed by atoms with E-state index in [-0.39, 0.29) is 16.8 Å². The summed E-state index contributed by atoms with van der Waals surface area (Å²) in [4.78, 5) is 12.0. The van der Waals surface area contributed by atoms with E-state index in [0.29, 0.717) is 12.4 Å². The van der Waals surface area contributed by atoms with Crippen molar-refractivity contribution in [1.82, 2.24) is 0 Å². The van der Waals surface area contributed by atoms with Gasteiger partial charge in [0.1, 0.15) is 17.4 Å². The van der Waals surface area contributed by atoms with E-state index >= 15 is 0 Å². The molecular weight excluding hydrogens is 320 g/mol. The lowest BCUT2D eigenvalue weighted by atomic mass is 10.3. The third-order valence-corrected chi connectivity index (χ3v) is 4.14. The normalized spacial score (nSPS) is 11.8. The van der Waals surface area contributed by atoms with Gasteiger partial charge in [-0.15, -0.1) is 11.8 Å². The van der Waals surface area contributed by atoms with E-state index in [9.17, 15) is 13.6 Å². The molecule has 2 aromatic rings. The Balaban J connectivity index is 1.74. The predicted octanol–water partition coefficient (Wildman–Crippen LogP) is 4.10. The molecule has 1 unspecified atom stereocenters. The molecule has 0 aliphatic heterocycles. The number of benzene rings is 2. The number of anilines is 1. The van der Waals surface area contributed by atoms with Crippen LogP contribution in [-0.4, -0.2) is 23.5 Å². The monoisotopic (exact) mass is 337 g/mol. The van der Waals surface area contributed by atoms with Crippen LogP contribution in [0.2, 0.25) is 0 Å². The van der Waals surface area contributed by atoms with Crippen LogP contribution in [-0.2, 0) is 4.79 Å². The zero-order valence-corrected chi connectivity index (χ0v) is 13.4. The van der Waals surface area contributed by atoms with Gasteiger partial charge in [0.05, 0.1) is 17.5 Å². The lowest BCUT2D eigenvalue weighted by Gasteiger charge is -2.13. The summed E-state index contributed by atoms with van der Waals surface area (Å²) in [6.45, 7) is 2.20. The standard InChI is InChI=1S/C17H17F2NO2S/c1-12(23-10-9-22-14-5-3-2-4-6-14)17(21)20-16-8-7-13(18)11-15(16)19/h2-8,11-12H,9-10H2,1H3,(H,20,21). The van der Waals surface area contributed by atoms with Crippen molar-refractivity contribution in [2.24, 2.45) is 0 Å². The topological polar surface area (TPSA) is 38.3 Å². The van der Waals surface area contributed by atoms with E-state index in [1.54, 1.807) is 6.92 Å². The van der Waals surface area contributed by atoms with Crippen LogP contribution in [0.3, 0.4) is 0 Å². The second kappa shape index (κ2) is 8.53. The van der Waals surface area contributed by atoms with Crippen molar-refractivity contribution in [2.75, 3.05) is 17.7 Å². The molecule has 1 atom stereocenters. The Morgan fingerprint density at radius 1 is 1.22 bits per heavy atom. The number of para-hydroxylation sites is 1. The van der Waals surface area contributed by atoms with Gasteiger partial charge >= 0.3 is 0 Å². The smallest absolute Gasteiger partial charge is 0.237 e. The van der Waals surface area contributed by atoms with Gasteiger partial charge in [0.2, 0.25) is 5.91 Å². The summed E-state index contributed by atoms with van der Waals surface area (Å²) >= 11 is 1.40. The van der Waals surface area contributed by atoms with Gasteiger partial charge in [-0.2, -0.15) is 0 Å². The van der Waals surface area contributed by atoms with Crippen LogP contribution >= 0.6 is 11.8 Å². The van der Waals surface area contributed by atoms with Gasteiger partial charge in [0.25, 0.3) is 0 Å². The Kier molecular flexibility index (Phi) is 6.40. The minimum absolute atomic E-state index is 0.0237. The molecule has 1 N–H and O–H groups in total. The summed E-state index contributed by atoms with van der Waals surface area (Å²) in [7, 11) is 0. The molecule has 122 valence electrons. The lowest BCUT2D eigenvalue weighted by Crippen LogP contribution is -2.24. The fraction of sp³-hybridized carbons (Fsp3) is 0.235. The van der Waals surface area contributed by atoms with Crippen molar-refractivity contribution in [1.29, 1.82) is 0 Å². The zero-order chi connectivity index (χ0) is 16.7. The number of hydrogen-bond donors (Lipinski definition) is 1. The Hall–Kier alpha value is -2.08. The molecule has 0 aliphatic rings. The Morgan fingerprint density at radius 2 is 1.96 bits per heavy atom. The van der Waals surface area contributed by atoms with Gasteiger partial charge < -0.3 is 10.1 Å². The lowest BCUT2D eigenvalue weighted by molar-refractivity contribution is -0.115. The number of rotatable bonds is 7. The first-order valence-corrected chi connectivity index (χ1v) is 8.16. The summed E-state index contributed by atoms with van der Waals surface area (Å²) in [5, 5.41) is 2.08. The highest BCUT2D eigenvalue weighted by molar-refractivity contribution is 8.00. The largest absolute Gasteiger partial charge is 0.493 e. The fourth-order valence-electron chi connectivity index (χ4n) is 1.80. The van der Waals surface area contributed by atoms with Crippen molar-refractivity contribution >= 4 is 23.4 Å². The maximum atomic E-state index is 13.5. The molecule has 2 aromatic carbocycles. The second-order valence-electron chi connectivity index (χ2n) is 4.79. The van der Waals surface area contributed by atoms with Gasteiger partial charge in [-0.05, 0) is 31.2 Å². The van der Waals surface area contributed by atoms with Gasteiger partial charge in [-0.25, -0.2) is 8.78 Å². The Bertz CT molecular complexity index is 652. The summed E-state index contributed by atoms with van der Waals surface area (Å²) in [6, 6.07) is 12.4. The van der Waals surface area contributed by atoms with Crippen LogP contribution in [0.4, 0.5) is 14.5 Å². The fourth-order valence-corrected chi connectivity index (χ4v) is 2.55. The number of nitrogens with one attached hydrogen (secondary N) is 1. The minimum Gasteiger partial charge on any atom is -0.493 e. The molecule has 2 rings (SSSR count). The van der Waals surface area contributed by atoms with Crippen LogP contribution in [0.5, 0.6) is 5.75 Å². The van der Waals surface area contributed by atoms with Crippen molar-refractivity contribution in [3.05, 3.63) is 60.2 Å². The quantitative estimate of drug-likeness (QED) is 0.773. The van der Waals surface area contributed by atoms with Crippen LogP contribution in [0, 0.1) is 11.6 Å². The van der Waals surface area contributed by atoms with Crippen LogP contribution < -0.4 is 10.1 Å². The average molecular weight is 337 g/mol. The van der Waals surface area contributed by atoms with Gasteiger partial charge in [-0.3, -0.25) is 4.79 Å². The number of thioether (sulfide) groups is 1. The number of carbonyl (C=O) groups excluding carboxylic acids is 1. The van der Waals surface area contributed by atoms with Crippen molar-refractivity contribution < 1.29 is 18.3 Å². The van der Waals surface area contributed by atoms with E-state index in [4.69, 9.17) is 4.74 Å². The number of carbonyl (C=O) groups is 1. The molecule has 23 heavy (non-hydrogen) atoms. The van der Waals surface area contributed by atoms with E-state index in [2.05, 4.69) is 5.32 Å². The summed E-state index contributed by atoms with van der Waals surface area (Å²) in [5.74, 6) is -0.405. The highest BCUT2D eigenvalue weighted by Gasteiger charge is 2.15. The maximum absolute atomic E-state index is 13.5. The number of ether oxygens (including phenoxy) is 1. The maximum Gasteiger partial charge on any atom is 0.237 e. The summed E-state index contributed by atoms with van der Waals surface area (Å²) in [6.07, 6.45) is 0. The van der Waals surface area contributed by atoms with Gasteiger partial charge in [0, 0.05) is 11.8 Å². The van der Waals surface area contributed by atoms with Crippen LogP contribution in [0.1, 0.15) is 6.92 Å². The molecule has 3 nitrogen and oxygen atoms in total. The van der Waals surface area contributed by atoms with Crippen LogP contribution in [0.25, 0.3) is 0 Å². The van der Waals surface area contributed by atoms with Crippen molar-refractivity contribution in [3.63, 3.8) is 0 Å². The molecule has 0 radical (unpaired) electrons. The van der Waals surface area contributed by atoms with Gasteiger partial charge in [0.15, 0.2) is 0 Å². The van der Waals surface area contributed by atoms with E-state index < -0.39 is 11.6 Å². The molecule has 1 amide bonds. The van der Waals surface area contributed by atoms with Crippen molar-refractivity contribution in [2.45, 2.75) is 12.2 Å². The molecule has 0 bridgehead atoms. The molecule has 0 aliphatic carbocycles. The molecule has 0 saturated heterocycles. The highest BCUT2D eigenvalue weighted by atomic mass is 32.2. The molecule has 0 heterocycles.